The summed E-state index contributed by atoms with van der Waals surface area (Å²) in [5, 5.41) is 5.04. The Morgan fingerprint density at radius 3 is 2.70 bits per heavy atom. The van der Waals surface area contributed by atoms with Gasteiger partial charge < -0.3 is 10.2 Å². The predicted molar refractivity (Wildman–Crippen MR) is 88.6 cm³/mol. The van der Waals surface area contributed by atoms with Crippen LogP contribution in [0.3, 0.4) is 0 Å². The fraction of sp³-hybridized carbons (Fsp3) is 0.938. The zero-order chi connectivity index (χ0) is 13.8. The van der Waals surface area contributed by atoms with Crippen LogP contribution in [0.15, 0.2) is 4.99 Å². The second-order valence-electron chi connectivity index (χ2n) is 6.76. The Bertz CT molecular complexity index is 342. The van der Waals surface area contributed by atoms with Gasteiger partial charge in [0, 0.05) is 24.4 Å². The largest absolute Gasteiger partial charge is 0.359 e. The van der Waals surface area contributed by atoms with Gasteiger partial charge in [-0.15, -0.1) is 0 Å². The molecular weight excluding hydrogens is 266 g/mol. The van der Waals surface area contributed by atoms with Crippen LogP contribution in [0.1, 0.15) is 58.3 Å². The monoisotopic (exact) mass is 295 g/mol. The number of rotatable bonds is 3. The van der Waals surface area contributed by atoms with E-state index in [2.05, 4.69) is 17.1 Å². The Hall–Kier alpha value is -0.220. The number of piperidine rings is 1. The molecule has 114 valence electrons. The lowest BCUT2D eigenvalue weighted by atomic mass is 9.83. The van der Waals surface area contributed by atoms with E-state index in [4.69, 9.17) is 4.99 Å². The molecule has 1 spiro atoms. The van der Waals surface area contributed by atoms with Crippen molar-refractivity contribution in [3.8, 4) is 0 Å². The Morgan fingerprint density at radius 1 is 1.25 bits per heavy atom. The van der Waals surface area contributed by atoms with Gasteiger partial charge in [-0.1, -0.05) is 37.9 Å². The van der Waals surface area contributed by atoms with Crippen LogP contribution in [-0.2, 0) is 0 Å². The van der Waals surface area contributed by atoms with Gasteiger partial charge in [0.15, 0.2) is 5.17 Å². The molecule has 1 aliphatic carbocycles. The minimum absolute atomic E-state index is 0.407. The summed E-state index contributed by atoms with van der Waals surface area (Å²) in [6.07, 6.45) is 10.7. The van der Waals surface area contributed by atoms with Crippen LogP contribution in [0.4, 0.5) is 0 Å². The van der Waals surface area contributed by atoms with Gasteiger partial charge in [0.2, 0.25) is 0 Å². The summed E-state index contributed by atoms with van der Waals surface area (Å²) in [7, 11) is 0. The molecule has 0 amide bonds. The topological polar surface area (TPSA) is 27.6 Å². The van der Waals surface area contributed by atoms with Gasteiger partial charge in [-0.2, -0.15) is 0 Å². The van der Waals surface area contributed by atoms with Gasteiger partial charge in [-0.3, -0.25) is 4.99 Å². The smallest absolute Gasteiger partial charge is 0.157 e. The van der Waals surface area contributed by atoms with Crippen molar-refractivity contribution in [3.63, 3.8) is 0 Å². The second-order valence-corrected chi connectivity index (χ2v) is 7.73. The molecular formula is C16H29N3S. The quantitative estimate of drug-likeness (QED) is 0.866. The van der Waals surface area contributed by atoms with Gasteiger partial charge in [0.1, 0.15) is 0 Å². The molecule has 3 aliphatic rings. The zero-order valence-electron chi connectivity index (χ0n) is 12.9. The third-order valence-electron chi connectivity index (χ3n) is 5.06. The molecule has 3 nitrogen and oxygen atoms in total. The van der Waals surface area contributed by atoms with E-state index in [0.717, 1.165) is 0 Å². The fourth-order valence-corrected chi connectivity index (χ4v) is 5.11. The van der Waals surface area contributed by atoms with Crippen molar-refractivity contribution in [1.29, 1.82) is 0 Å². The van der Waals surface area contributed by atoms with E-state index in [9.17, 15) is 0 Å². The lowest BCUT2D eigenvalue weighted by molar-refractivity contribution is 0.214. The second kappa shape index (κ2) is 6.69. The molecule has 0 aromatic heterocycles. The standard InChI is InChI=1S/C16H29N3S/c1-2-10-19-11-6-14(7-12-19)17-15-18-16(13-20-15)8-4-3-5-9-16/h14H,2-13H2,1H3,(H,17,18). The van der Waals surface area contributed by atoms with E-state index in [1.54, 1.807) is 0 Å². The first-order chi connectivity index (χ1) is 9.80. The number of likely N-dealkylation sites (tertiary alicyclic amines) is 1. The van der Waals surface area contributed by atoms with Crippen molar-refractivity contribution >= 4 is 16.9 Å². The van der Waals surface area contributed by atoms with Gasteiger partial charge in [-0.05, 0) is 38.6 Å². The zero-order valence-corrected chi connectivity index (χ0v) is 13.7. The third kappa shape index (κ3) is 3.51. The molecule has 0 aromatic carbocycles. The number of amidine groups is 1. The Labute approximate surface area is 128 Å². The van der Waals surface area contributed by atoms with Gasteiger partial charge in [0.25, 0.3) is 0 Å². The summed E-state index contributed by atoms with van der Waals surface area (Å²) in [5.41, 5.74) is 0.407. The number of hydrogen-bond acceptors (Lipinski definition) is 3. The van der Waals surface area contributed by atoms with Crippen LogP contribution >= 0.6 is 11.8 Å². The number of hydrogen-bond donors (Lipinski definition) is 1. The molecule has 3 fully saturated rings. The van der Waals surface area contributed by atoms with Crippen LogP contribution < -0.4 is 5.32 Å². The molecule has 3 rings (SSSR count). The molecule has 1 saturated carbocycles. The average Bonchev–Trinajstić information content (AvgIpc) is 2.85. The molecule has 0 bridgehead atoms. The molecule has 0 aromatic rings. The third-order valence-corrected chi connectivity index (χ3v) is 6.24. The van der Waals surface area contributed by atoms with Crippen molar-refractivity contribution < 1.29 is 0 Å². The minimum Gasteiger partial charge on any atom is -0.359 e. The van der Waals surface area contributed by atoms with Crippen LogP contribution in [-0.4, -0.2) is 47.0 Å². The number of nitrogens with one attached hydrogen (secondary N) is 1. The lowest BCUT2D eigenvalue weighted by Crippen LogP contribution is -2.45. The summed E-state index contributed by atoms with van der Waals surface area (Å²) in [6, 6.07) is 0.567. The van der Waals surface area contributed by atoms with E-state index in [0.29, 0.717) is 11.6 Å². The molecule has 0 unspecified atom stereocenters. The van der Waals surface area contributed by atoms with Gasteiger partial charge in [-0.25, -0.2) is 0 Å². The first-order valence-corrected chi connectivity index (χ1v) is 9.49. The van der Waals surface area contributed by atoms with Crippen LogP contribution in [0, 0.1) is 0 Å². The van der Waals surface area contributed by atoms with Crippen molar-refractivity contribution in [2.24, 2.45) is 4.99 Å². The van der Waals surface area contributed by atoms with Gasteiger partial charge in [0.05, 0.1) is 6.04 Å². The summed E-state index contributed by atoms with van der Waals surface area (Å²) in [4.78, 5) is 7.61. The van der Waals surface area contributed by atoms with Crippen LogP contribution in [0.25, 0.3) is 0 Å². The highest BCUT2D eigenvalue weighted by Crippen LogP contribution is 2.36. The highest BCUT2D eigenvalue weighted by Gasteiger charge is 2.38. The first kappa shape index (κ1) is 14.7. The molecule has 20 heavy (non-hydrogen) atoms. The predicted octanol–water partition coefficient (Wildman–Crippen LogP) is 3.26. The number of thioether (sulfide) groups is 1. The minimum atomic E-state index is 0.407. The molecule has 4 heteroatoms. The maximum absolute atomic E-state index is 5.02. The van der Waals surface area contributed by atoms with Crippen molar-refractivity contribution in [2.45, 2.75) is 69.9 Å². The average molecular weight is 295 g/mol. The van der Waals surface area contributed by atoms with Crippen LogP contribution in [0.2, 0.25) is 0 Å². The molecule has 2 heterocycles. The number of nitrogens with zero attached hydrogens (tertiary/aromatic N) is 2. The lowest BCUT2D eigenvalue weighted by Gasteiger charge is -2.33. The maximum Gasteiger partial charge on any atom is 0.157 e. The van der Waals surface area contributed by atoms with Crippen molar-refractivity contribution in [1.82, 2.24) is 10.2 Å². The molecule has 0 atom stereocenters. The Morgan fingerprint density at radius 2 is 2.00 bits per heavy atom. The SMILES string of the molecule is CCCN1CCC(N=C2NC3(CCCCC3)CS2)CC1. The Balaban J connectivity index is 1.50. The van der Waals surface area contributed by atoms with Crippen molar-refractivity contribution in [3.05, 3.63) is 0 Å². The highest BCUT2D eigenvalue weighted by atomic mass is 32.2. The number of aliphatic imine (C=N–C) groups is 1. The first-order valence-electron chi connectivity index (χ1n) is 8.51. The molecule has 0 radical (unpaired) electrons. The summed E-state index contributed by atoms with van der Waals surface area (Å²) in [6.45, 7) is 6.02. The van der Waals surface area contributed by atoms with E-state index in [1.807, 2.05) is 11.8 Å². The molecule has 2 aliphatic heterocycles. The van der Waals surface area contributed by atoms with Gasteiger partial charge >= 0.3 is 0 Å². The fourth-order valence-electron chi connectivity index (χ4n) is 3.83. The highest BCUT2D eigenvalue weighted by molar-refractivity contribution is 8.14. The van der Waals surface area contributed by atoms with E-state index in [1.165, 1.54) is 81.9 Å². The van der Waals surface area contributed by atoms with Crippen molar-refractivity contribution in [2.75, 3.05) is 25.4 Å². The van der Waals surface area contributed by atoms with Crippen LogP contribution in [0.5, 0.6) is 0 Å². The van der Waals surface area contributed by atoms with E-state index < -0.39 is 0 Å². The molecule has 2 saturated heterocycles. The Kier molecular flexibility index (Phi) is 4.92. The summed E-state index contributed by atoms with van der Waals surface area (Å²) in [5.74, 6) is 1.25. The molecule has 1 N–H and O–H groups in total. The van der Waals surface area contributed by atoms with E-state index in [-0.39, 0.29) is 0 Å². The normalized spacial score (nSPS) is 29.9. The summed E-state index contributed by atoms with van der Waals surface area (Å²) >= 11 is 1.98. The maximum atomic E-state index is 5.02. The summed E-state index contributed by atoms with van der Waals surface area (Å²) < 4.78 is 0. The van der Waals surface area contributed by atoms with E-state index >= 15 is 0 Å².